The number of aliphatic hydroxyl groups is 1. The van der Waals surface area contributed by atoms with E-state index >= 15 is 0 Å². The molecule has 0 amide bonds. The summed E-state index contributed by atoms with van der Waals surface area (Å²) < 4.78 is 22.1. The Morgan fingerprint density at radius 2 is 1.71 bits per heavy atom. The summed E-state index contributed by atoms with van der Waals surface area (Å²) in [4.78, 5) is 0. The zero-order chi connectivity index (χ0) is 13.1. The molecule has 0 saturated carbocycles. The second-order valence-electron chi connectivity index (χ2n) is 4.95. The molecule has 0 spiro atoms. The van der Waals surface area contributed by atoms with Crippen molar-refractivity contribution >= 4 is 9.84 Å². The first-order chi connectivity index (χ1) is 7.78. The third kappa shape index (κ3) is 5.33. The molecule has 0 radical (unpaired) electrons. The Kier molecular flexibility index (Phi) is 4.71. The molecule has 1 aromatic carbocycles. The number of rotatable bonds is 5. The zero-order valence-electron chi connectivity index (χ0n) is 10.6. The Morgan fingerprint density at radius 3 is 2.12 bits per heavy atom. The lowest BCUT2D eigenvalue weighted by Crippen LogP contribution is -2.12. The summed E-state index contributed by atoms with van der Waals surface area (Å²) >= 11 is 0. The van der Waals surface area contributed by atoms with E-state index < -0.39 is 15.9 Å². The first kappa shape index (κ1) is 14.2. The first-order valence-corrected chi connectivity index (χ1v) is 7.78. The summed E-state index contributed by atoms with van der Waals surface area (Å²) in [5.41, 5.74) is 1.86. The summed E-state index contributed by atoms with van der Waals surface area (Å²) in [6, 6.07) is 7.49. The Labute approximate surface area is 103 Å². The highest BCUT2D eigenvalue weighted by Crippen LogP contribution is 2.17. The van der Waals surface area contributed by atoms with Gasteiger partial charge in [-0.15, -0.1) is 0 Å². The van der Waals surface area contributed by atoms with Crippen LogP contribution >= 0.6 is 0 Å². The molecule has 0 fully saturated rings. The zero-order valence-corrected chi connectivity index (χ0v) is 11.4. The van der Waals surface area contributed by atoms with Gasteiger partial charge in [0.15, 0.2) is 0 Å². The lowest BCUT2D eigenvalue weighted by molar-refractivity contribution is 0.202. The van der Waals surface area contributed by atoms with Gasteiger partial charge in [0, 0.05) is 6.26 Å². The van der Waals surface area contributed by atoms with Crippen LogP contribution in [0.1, 0.15) is 31.1 Å². The second-order valence-corrected chi connectivity index (χ2v) is 7.13. The molecule has 0 aliphatic carbocycles. The molecule has 1 N–H and O–H groups in total. The van der Waals surface area contributed by atoms with E-state index in [0.29, 0.717) is 11.5 Å². The quantitative estimate of drug-likeness (QED) is 0.876. The number of sulfone groups is 1. The minimum atomic E-state index is -3.15. The number of benzene rings is 1. The van der Waals surface area contributed by atoms with Crippen molar-refractivity contribution in [2.75, 3.05) is 12.0 Å². The minimum Gasteiger partial charge on any atom is -0.387 e. The van der Waals surface area contributed by atoms with Crippen molar-refractivity contribution in [3.63, 3.8) is 0 Å². The van der Waals surface area contributed by atoms with Gasteiger partial charge in [-0.2, -0.15) is 0 Å². The molecule has 1 unspecified atom stereocenters. The molecule has 1 aromatic rings. The summed E-state index contributed by atoms with van der Waals surface area (Å²) in [5, 5.41) is 9.75. The highest BCUT2D eigenvalue weighted by atomic mass is 32.2. The van der Waals surface area contributed by atoms with Crippen LogP contribution in [0.25, 0.3) is 0 Å². The normalized spacial score (nSPS) is 13.9. The average Bonchev–Trinajstić information content (AvgIpc) is 2.15. The molecule has 1 rings (SSSR count). The summed E-state index contributed by atoms with van der Waals surface area (Å²) in [6.45, 7) is 4.29. The van der Waals surface area contributed by atoms with E-state index in [0.717, 1.165) is 12.7 Å². The maximum absolute atomic E-state index is 11.1. The highest BCUT2D eigenvalue weighted by Gasteiger charge is 2.14. The lowest BCUT2D eigenvalue weighted by atomic mass is 10.0. The van der Waals surface area contributed by atoms with Crippen LogP contribution in [-0.4, -0.2) is 25.5 Å². The molecule has 0 saturated heterocycles. The SMILES string of the molecule is CC(C)Cc1ccc(C(O)CS(C)(=O)=O)cc1. The van der Waals surface area contributed by atoms with Gasteiger partial charge in [0.2, 0.25) is 0 Å². The van der Waals surface area contributed by atoms with Gasteiger partial charge in [-0.3, -0.25) is 0 Å². The fraction of sp³-hybridized carbons (Fsp3) is 0.538. The van der Waals surface area contributed by atoms with Crippen molar-refractivity contribution in [2.45, 2.75) is 26.4 Å². The average molecular weight is 256 g/mol. The topological polar surface area (TPSA) is 54.4 Å². The van der Waals surface area contributed by atoms with E-state index in [4.69, 9.17) is 0 Å². The number of aliphatic hydroxyl groups excluding tert-OH is 1. The Bertz CT molecular complexity index is 446. The van der Waals surface area contributed by atoms with Gasteiger partial charge in [0.25, 0.3) is 0 Å². The molecular weight excluding hydrogens is 236 g/mol. The Hall–Kier alpha value is -0.870. The molecule has 1 atom stereocenters. The largest absolute Gasteiger partial charge is 0.387 e. The molecule has 4 heteroatoms. The Morgan fingerprint density at radius 1 is 1.18 bits per heavy atom. The second kappa shape index (κ2) is 5.65. The molecule has 0 bridgehead atoms. The molecule has 96 valence electrons. The van der Waals surface area contributed by atoms with Gasteiger partial charge in [0.05, 0.1) is 11.9 Å². The number of hydrogen-bond donors (Lipinski definition) is 1. The van der Waals surface area contributed by atoms with E-state index in [1.165, 1.54) is 5.56 Å². The summed E-state index contributed by atoms with van der Waals surface area (Å²) in [5.74, 6) is 0.359. The van der Waals surface area contributed by atoms with Crippen molar-refractivity contribution < 1.29 is 13.5 Å². The standard InChI is InChI=1S/C13H20O3S/c1-10(2)8-11-4-6-12(7-5-11)13(14)9-17(3,15)16/h4-7,10,13-14H,8-9H2,1-3H3. The van der Waals surface area contributed by atoms with Crippen molar-refractivity contribution in [1.29, 1.82) is 0 Å². The van der Waals surface area contributed by atoms with Crippen LogP contribution < -0.4 is 0 Å². The van der Waals surface area contributed by atoms with E-state index in [-0.39, 0.29) is 5.75 Å². The van der Waals surface area contributed by atoms with E-state index in [1.54, 1.807) is 12.1 Å². The third-order valence-electron chi connectivity index (χ3n) is 2.47. The highest BCUT2D eigenvalue weighted by molar-refractivity contribution is 7.90. The molecule has 0 aromatic heterocycles. The monoisotopic (exact) mass is 256 g/mol. The lowest BCUT2D eigenvalue weighted by Gasteiger charge is -2.11. The molecule has 3 nitrogen and oxygen atoms in total. The van der Waals surface area contributed by atoms with Gasteiger partial charge in [-0.1, -0.05) is 38.1 Å². The van der Waals surface area contributed by atoms with E-state index in [9.17, 15) is 13.5 Å². The molecule has 17 heavy (non-hydrogen) atoms. The molecular formula is C13H20O3S. The maximum Gasteiger partial charge on any atom is 0.150 e. The van der Waals surface area contributed by atoms with Gasteiger partial charge >= 0.3 is 0 Å². The van der Waals surface area contributed by atoms with Gasteiger partial charge < -0.3 is 5.11 Å². The first-order valence-electron chi connectivity index (χ1n) is 5.72. The van der Waals surface area contributed by atoms with Gasteiger partial charge in [0.1, 0.15) is 9.84 Å². The van der Waals surface area contributed by atoms with Crippen LogP contribution in [0, 0.1) is 5.92 Å². The summed E-state index contributed by atoms with van der Waals surface area (Å²) in [7, 11) is -3.15. The van der Waals surface area contributed by atoms with Crippen LogP contribution in [0.4, 0.5) is 0 Å². The van der Waals surface area contributed by atoms with Crippen molar-refractivity contribution in [3.8, 4) is 0 Å². The van der Waals surface area contributed by atoms with Crippen LogP contribution in [-0.2, 0) is 16.3 Å². The minimum absolute atomic E-state index is 0.226. The van der Waals surface area contributed by atoms with Gasteiger partial charge in [-0.25, -0.2) is 8.42 Å². The smallest absolute Gasteiger partial charge is 0.150 e. The van der Waals surface area contributed by atoms with Crippen LogP contribution in [0.2, 0.25) is 0 Å². The maximum atomic E-state index is 11.1. The predicted molar refractivity (Wildman–Crippen MR) is 69.7 cm³/mol. The van der Waals surface area contributed by atoms with Crippen molar-refractivity contribution in [1.82, 2.24) is 0 Å². The molecule has 0 aliphatic rings. The van der Waals surface area contributed by atoms with Crippen molar-refractivity contribution in [3.05, 3.63) is 35.4 Å². The van der Waals surface area contributed by atoms with Gasteiger partial charge in [-0.05, 0) is 23.5 Å². The summed E-state index contributed by atoms with van der Waals surface area (Å²) in [6.07, 6.45) is 1.18. The van der Waals surface area contributed by atoms with Crippen LogP contribution in [0.5, 0.6) is 0 Å². The predicted octanol–water partition coefficient (Wildman–Crippen LogP) is 1.96. The fourth-order valence-electron chi connectivity index (χ4n) is 1.73. The van der Waals surface area contributed by atoms with Crippen molar-refractivity contribution in [2.24, 2.45) is 5.92 Å². The molecule has 0 heterocycles. The molecule has 0 aliphatic heterocycles. The fourth-order valence-corrected chi connectivity index (χ4v) is 2.50. The Balaban J connectivity index is 2.73. The van der Waals surface area contributed by atoms with Crippen LogP contribution in [0.3, 0.4) is 0 Å². The van der Waals surface area contributed by atoms with E-state index in [1.807, 2.05) is 12.1 Å². The number of hydrogen-bond acceptors (Lipinski definition) is 3. The third-order valence-corrected chi connectivity index (χ3v) is 3.39. The van der Waals surface area contributed by atoms with E-state index in [2.05, 4.69) is 13.8 Å². The van der Waals surface area contributed by atoms with Crippen LogP contribution in [0.15, 0.2) is 24.3 Å².